The number of methoxy groups -OCH3 is 1. The standard InChI is InChI=1S/C22H15FN2O5/c1-11-8-17(24-30-11)25-19(12-4-3-5-14(9-12)28-2)18-20(26)15-10-13(23)6-7-16(15)29-21(18)22(25)27/h3-10,19H,1-2H3. The van der Waals surface area contributed by atoms with Gasteiger partial charge in [0.2, 0.25) is 5.76 Å². The second-order valence-electron chi connectivity index (χ2n) is 6.96. The summed E-state index contributed by atoms with van der Waals surface area (Å²) in [6.45, 7) is 1.70. The molecule has 0 fully saturated rings. The number of fused-ring (bicyclic) bond motifs is 2. The van der Waals surface area contributed by atoms with Gasteiger partial charge in [0, 0.05) is 6.07 Å². The van der Waals surface area contributed by atoms with E-state index in [4.69, 9.17) is 13.7 Å². The zero-order chi connectivity index (χ0) is 21.0. The van der Waals surface area contributed by atoms with Crippen LogP contribution < -0.4 is 15.1 Å². The summed E-state index contributed by atoms with van der Waals surface area (Å²) in [5.41, 5.74) is 0.392. The molecule has 1 atom stereocenters. The van der Waals surface area contributed by atoms with Crippen LogP contribution in [0.4, 0.5) is 10.2 Å². The number of rotatable bonds is 3. The highest BCUT2D eigenvalue weighted by atomic mass is 19.1. The summed E-state index contributed by atoms with van der Waals surface area (Å²) in [5, 5.41) is 4.02. The highest BCUT2D eigenvalue weighted by molar-refractivity contribution is 6.10. The van der Waals surface area contributed by atoms with E-state index in [-0.39, 0.29) is 28.1 Å². The molecule has 1 unspecified atom stereocenters. The molecule has 7 nitrogen and oxygen atoms in total. The Bertz CT molecular complexity index is 1370. The van der Waals surface area contributed by atoms with Crippen LogP contribution in [0.3, 0.4) is 0 Å². The van der Waals surface area contributed by atoms with E-state index in [9.17, 15) is 14.0 Å². The highest BCUT2D eigenvalue weighted by Gasteiger charge is 2.45. The van der Waals surface area contributed by atoms with Crippen molar-refractivity contribution in [2.75, 3.05) is 12.0 Å². The molecule has 0 saturated carbocycles. The molecule has 1 aliphatic heterocycles. The molecule has 0 aliphatic carbocycles. The van der Waals surface area contributed by atoms with E-state index in [0.717, 1.165) is 6.07 Å². The minimum atomic E-state index is -0.837. The number of benzene rings is 2. The van der Waals surface area contributed by atoms with Crippen molar-refractivity contribution in [1.82, 2.24) is 5.16 Å². The number of aromatic nitrogens is 1. The monoisotopic (exact) mass is 406 g/mol. The molecule has 1 aliphatic rings. The van der Waals surface area contributed by atoms with Gasteiger partial charge in [-0.2, -0.15) is 0 Å². The third kappa shape index (κ3) is 2.61. The van der Waals surface area contributed by atoms with Gasteiger partial charge >= 0.3 is 0 Å². The van der Waals surface area contributed by atoms with Gasteiger partial charge in [-0.15, -0.1) is 0 Å². The van der Waals surface area contributed by atoms with Crippen LogP contribution in [0.25, 0.3) is 11.0 Å². The van der Waals surface area contributed by atoms with Gasteiger partial charge in [-0.1, -0.05) is 17.3 Å². The molecule has 0 radical (unpaired) electrons. The minimum absolute atomic E-state index is 0.0626. The molecule has 0 N–H and O–H groups in total. The smallest absolute Gasteiger partial charge is 0.296 e. The normalized spacial score (nSPS) is 15.6. The summed E-state index contributed by atoms with van der Waals surface area (Å²) in [7, 11) is 1.52. The van der Waals surface area contributed by atoms with Gasteiger partial charge in [-0.05, 0) is 42.8 Å². The van der Waals surface area contributed by atoms with Crippen LogP contribution >= 0.6 is 0 Å². The van der Waals surface area contributed by atoms with Crippen molar-refractivity contribution in [3.05, 3.63) is 87.2 Å². The Hall–Kier alpha value is -3.94. The Morgan fingerprint density at radius 1 is 1.13 bits per heavy atom. The SMILES string of the molecule is COc1cccc(C2c3c(oc4ccc(F)cc4c3=O)C(=O)N2c2cc(C)on2)c1. The second kappa shape index (κ2) is 6.55. The molecule has 3 heterocycles. The zero-order valence-electron chi connectivity index (χ0n) is 16.0. The summed E-state index contributed by atoms with van der Waals surface area (Å²) in [6.07, 6.45) is 0. The largest absolute Gasteiger partial charge is 0.497 e. The molecule has 0 saturated heterocycles. The molecule has 8 heteroatoms. The van der Waals surface area contributed by atoms with Crippen LogP contribution in [0.5, 0.6) is 5.75 Å². The number of hydrogen-bond donors (Lipinski definition) is 0. The first-order chi connectivity index (χ1) is 14.5. The fourth-order valence-corrected chi connectivity index (χ4v) is 3.78. The summed E-state index contributed by atoms with van der Waals surface area (Å²) >= 11 is 0. The zero-order valence-corrected chi connectivity index (χ0v) is 16.0. The van der Waals surface area contributed by atoms with Crippen molar-refractivity contribution in [2.45, 2.75) is 13.0 Å². The van der Waals surface area contributed by atoms with Crippen LogP contribution in [-0.4, -0.2) is 18.2 Å². The van der Waals surface area contributed by atoms with E-state index < -0.39 is 23.2 Å². The Labute approximate surface area is 169 Å². The van der Waals surface area contributed by atoms with Gasteiger partial charge < -0.3 is 13.7 Å². The fraction of sp³-hybridized carbons (Fsp3) is 0.136. The third-order valence-corrected chi connectivity index (χ3v) is 5.10. The van der Waals surface area contributed by atoms with Crippen molar-refractivity contribution in [2.24, 2.45) is 0 Å². The average molecular weight is 406 g/mol. The van der Waals surface area contributed by atoms with Crippen LogP contribution in [0.15, 0.2) is 62.3 Å². The first-order valence-electron chi connectivity index (χ1n) is 9.15. The average Bonchev–Trinajstić information content (AvgIpc) is 3.30. The Morgan fingerprint density at radius 2 is 1.97 bits per heavy atom. The van der Waals surface area contributed by atoms with E-state index in [1.165, 1.54) is 24.1 Å². The van der Waals surface area contributed by atoms with Gasteiger partial charge in [-0.25, -0.2) is 4.39 Å². The number of ether oxygens (including phenoxy) is 1. The predicted molar refractivity (Wildman–Crippen MR) is 105 cm³/mol. The van der Waals surface area contributed by atoms with Crippen molar-refractivity contribution in [3.63, 3.8) is 0 Å². The highest BCUT2D eigenvalue weighted by Crippen LogP contribution is 2.41. The van der Waals surface area contributed by atoms with Crippen LogP contribution in [-0.2, 0) is 0 Å². The lowest BCUT2D eigenvalue weighted by Gasteiger charge is -2.22. The predicted octanol–water partition coefficient (Wildman–Crippen LogP) is 3.99. The summed E-state index contributed by atoms with van der Waals surface area (Å²) < 4.78 is 30.0. The molecule has 4 aromatic rings. The molecule has 2 aromatic carbocycles. The Kier molecular flexibility index (Phi) is 3.95. The van der Waals surface area contributed by atoms with Crippen LogP contribution in [0.1, 0.15) is 33.5 Å². The van der Waals surface area contributed by atoms with Gasteiger partial charge in [-0.3, -0.25) is 14.5 Å². The van der Waals surface area contributed by atoms with Crippen LogP contribution in [0.2, 0.25) is 0 Å². The molecule has 0 bridgehead atoms. The molecule has 150 valence electrons. The molecule has 5 rings (SSSR count). The maximum Gasteiger partial charge on any atom is 0.296 e. The molecular weight excluding hydrogens is 391 g/mol. The summed E-state index contributed by atoms with van der Waals surface area (Å²) in [5.74, 6) is 0.0972. The molecule has 2 aromatic heterocycles. The Morgan fingerprint density at radius 3 is 2.70 bits per heavy atom. The van der Waals surface area contributed by atoms with Crippen molar-refractivity contribution < 1.29 is 22.9 Å². The molecular formula is C22H15FN2O5. The first-order valence-corrected chi connectivity index (χ1v) is 9.15. The van der Waals surface area contributed by atoms with Gasteiger partial charge in [0.1, 0.15) is 22.9 Å². The lowest BCUT2D eigenvalue weighted by Crippen LogP contribution is -2.29. The number of amides is 1. The quantitative estimate of drug-likeness (QED) is 0.511. The van der Waals surface area contributed by atoms with E-state index in [0.29, 0.717) is 17.1 Å². The number of carbonyl (C=O) groups excluding carboxylic acids is 1. The third-order valence-electron chi connectivity index (χ3n) is 5.10. The second-order valence-corrected chi connectivity index (χ2v) is 6.96. The number of nitrogens with zero attached hydrogens (tertiary/aromatic N) is 2. The Balaban J connectivity index is 1.83. The van der Waals surface area contributed by atoms with E-state index in [1.54, 1.807) is 37.3 Å². The topological polar surface area (TPSA) is 85.8 Å². The maximum absolute atomic E-state index is 13.8. The number of halogens is 1. The van der Waals surface area contributed by atoms with E-state index in [1.807, 2.05) is 0 Å². The van der Waals surface area contributed by atoms with Crippen molar-refractivity contribution >= 4 is 22.7 Å². The molecule has 30 heavy (non-hydrogen) atoms. The minimum Gasteiger partial charge on any atom is -0.497 e. The van der Waals surface area contributed by atoms with Gasteiger partial charge in [0.05, 0.1) is 24.1 Å². The van der Waals surface area contributed by atoms with Gasteiger partial charge in [0.15, 0.2) is 11.2 Å². The van der Waals surface area contributed by atoms with E-state index in [2.05, 4.69) is 5.16 Å². The lowest BCUT2D eigenvalue weighted by molar-refractivity contribution is 0.0969. The summed E-state index contributed by atoms with van der Waals surface area (Å²) in [6, 6.07) is 11.4. The number of aryl methyl sites for hydroxylation is 1. The van der Waals surface area contributed by atoms with Crippen LogP contribution in [0, 0.1) is 12.7 Å². The summed E-state index contributed by atoms with van der Waals surface area (Å²) in [4.78, 5) is 28.0. The molecule has 1 amide bonds. The van der Waals surface area contributed by atoms with Gasteiger partial charge in [0.25, 0.3) is 5.91 Å². The maximum atomic E-state index is 13.8. The first kappa shape index (κ1) is 18.1. The fourth-order valence-electron chi connectivity index (χ4n) is 3.78. The number of carbonyl (C=O) groups is 1. The lowest BCUT2D eigenvalue weighted by atomic mass is 9.98. The van der Waals surface area contributed by atoms with Crippen molar-refractivity contribution in [1.29, 1.82) is 0 Å². The van der Waals surface area contributed by atoms with E-state index >= 15 is 0 Å². The number of hydrogen-bond acceptors (Lipinski definition) is 6. The molecule has 0 spiro atoms. The number of anilines is 1. The van der Waals surface area contributed by atoms with Crippen molar-refractivity contribution in [3.8, 4) is 5.75 Å².